The van der Waals surface area contributed by atoms with Crippen molar-refractivity contribution in [2.45, 2.75) is 32.7 Å². The molecule has 2 N–H and O–H groups in total. The van der Waals surface area contributed by atoms with Crippen LogP contribution in [0.2, 0.25) is 0 Å². The van der Waals surface area contributed by atoms with Crippen molar-refractivity contribution in [3.05, 3.63) is 42.0 Å². The molecule has 2 aliphatic rings. The average Bonchev–Trinajstić information content (AvgIpc) is 2.60. The Morgan fingerprint density at radius 2 is 1.74 bits per heavy atom. The molecule has 3 heteroatoms. The molecule has 0 saturated carbocycles. The fourth-order valence-electron chi connectivity index (χ4n) is 3.95. The van der Waals surface area contributed by atoms with E-state index in [-0.39, 0.29) is 0 Å². The Morgan fingerprint density at radius 3 is 2.39 bits per heavy atom. The van der Waals surface area contributed by atoms with E-state index in [1.54, 1.807) is 4.90 Å². The Balaban J connectivity index is 1.41. The van der Waals surface area contributed by atoms with Gasteiger partial charge in [0.1, 0.15) is 38.5 Å². The second kappa shape index (κ2) is 8.51. The van der Waals surface area contributed by atoms with Crippen LogP contribution < -0.4 is 14.5 Å². The Morgan fingerprint density at radius 1 is 1.00 bits per heavy atom. The van der Waals surface area contributed by atoms with Crippen molar-refractivity contribution in [1.29, 1.82) is 0 Å². The van der Waals surface area contributed by atoms with E-state index in [0.29, 0.717) is 0 Å². The number of piperazine rings is 1. The molecule has 1 aliphatic heterocycles. The molecule has 0 aromatic heterocycles. The van der Waals surface area contributed by atoms with Gasteiger partial charge in [-0.1, -0.05) is 12.2 Å². The third kappa shape index (κ3) is 5.08. The van der Waals surface area contributed by atoms with Crippen molar-refractivity contribution in [3.8, 4) is 5.75 Å². The first-order valence-electron chi connectivity index (χ1n) is 9.37. The van der Waals surface area contributed by atoms with E-state index in [2.05, 4.69) is 36.4 Å². The summed E-state index contributed by atoms with van der Waals surface area (Å²) >= 11 is 0. The number of hydrogen-bond donors (Lipinski definition) is 2. The summed E-state index contributed by atoms with van der Waals surface area (Å²) in [6, 6.07) is 8.67. The molecule has 0 unspecified atom stereocenters. The van der Waals surface area contributed by atoms with E-state index in [0.717, 1.165) is 24.8 Å². The quantitative estimate of drug-likeness (QED) is 0.741. The first-order valence-corrected chi connectivity index (χ1v) is 9.37. The Labute approximate surface area is 140 Å². The highest BCUT2D eigenvalue weighted by molar-refractivity contribution is 5.26. The van der Waals surface area contributed by atoms with Crippen LogP contribution in [0.4, 0.5) is 0 Å². The first kappa shape index (κ1) is 16.5. The maximum atomic E-state index is 5.52. The van der Waals surface area contributed by atoms with E-state index in [1.807, 2.05) is 11.8 Å². The van der Waals surface area contributed by atoms with Crippen LogP contribution in [0.5, 0.6) is 5.75 Å². The number of nitrogens with one attached hydrogen (secondary N) is 2. The lowest BCUT2D eigenvalue weighted by Crippen LogP contribution is -3.27. The van der Waals surface area contributed by atoms with Gasteiger partial charge in [-0.3, -0.25) is 0 Å². The van der Waals surface area contributed by atoms with Crippen molar-refractivity contribution >= 4 is 0 Å². The average molecular weight is 316 g/mol. The summed E-state index contributed by atoms with van der Waals surface area (Å²) in [6.07, 6.45) is 8.76. The van der Waals surface area contributed by atoms with Crippen molar-refractivity contribution in [1.82, 2.24) is 0 Å². The summed E-state index contributed by atoms with van der Waals surface area (Å²) in [5.74, 6) is 1.92. The maximum Gasteiger partial charge on any atom is 0.127 e. The summed E-state index contributed by atoms with van der Waals surface area (Å²) in [7, 11) is 0. The fourth-order valence-corrected chi connectivity index (χ4v) is 3.95. The maximum absolute atomic E-state index is 5.52. The molecular formula is C20H32N2O+2. The predicted molar refractivity (Wildman–Crippen MR) is 94.1 cm³/mol. The van der Waals surface area contributed by atoms with Gasteiger partial charge in [-0.2, -0.15) is 0 Å². The molecule has 23 heavy (non-hydrogen) atoms. The summed E-state index contributed by atoms with van der Waals surface area (Å²) in [5.41, 5.74) is 1.43. The summed E-state index contributed by atoms with van der Waals surface area (Å²) < 4.78 is 5.52. The molecule has 0 amide bonds. The molecule has 1 aromatic carbocycles. The molecule has 0 bridgehead atoms. The van der Waals surface area contributed by atoms with Crippen molar-refractivity contribution in [3.63, 3.8) is 0 Å². The summed E-state index contributed by atoms with van der Waals surface area (Å²) in [6.45, 7) is 10.6. The van der Waals surface area contributed by atoms with Crippen molar-refractivity contribution in [2.24, 2.45) is 5.92 Å². The predicted octanol–water partition coefficient (Wildman–Crippen LogP) is 0.725. The zero-order valence-corrected chi connectivity index (χ0v) is 14.5. The molecule has 1 aromatic rings. The first-order chi connectivity index (χ1) is 11.3. The minimum absolute atomic E-state index is 0.742. The van der Waals surface area contributed by atoms with Gasteiger partial charge in [0.05, 0.1) is 13.2 Å². The number of ether oxygens (including phenoxy) is 1. The van der Waals surface area contributed by atoms with Gasteiger partial charge in [0, 0.05) is 11.5 Å². The van der Waals surface area contributed by atoms with Gasteiger partial charge < -0.3 is 14.5 Å². The number of quaternary nitrogens is 2. The number of allylic oxidation sites excluding steroid dienone is 2. The third-order valence-electron chi connectivity index (χ3n) is 5.31. The van der Waals surface area contributed by atoms with Crippen LogP contribution in [0.3, 0.4) is 0 Å². The van der Waals surface area contributed by atoms with Crippen LogP contribution in [0.1, 0.15) is 31.7 Å². The van der Waals surface area contributed by atoms with Crippen molar-refractivity contribution < 1.29 is 14.5 Å². The van der Waals surface area contributed by atoms with Crippen LogP contribution in [-0.4, -0.2) is 39.3 Å². The normalized spacial score (nSPS) is 27.8. The van der Waals surface area contributed by atoms with Gasteiger partial charge in [0.25, 0.3) is 0 Å². The Kier molecular flexibility index (Phi) is 6.12. The largest absolute Gasteiger partial charge is 0.494 e. The zero-order valence-electron chi connectivity index (χ0n) is 14.5. The number of hydrogen-bond acceptors (Lipinski definition) is 1. The van der Waals surface area contributed by atoms with E-state index < -0.39 is 0 Å². The van der Waals surface area contributed by atoms with Gasteiger partial charge in [-0.15, -0.1) is 0 Å². The minimum atomic E-state index is 0.742. The van der Waals surface area contributed by atoms with Crippen LogP contribution >= 0.6 is 0 Å². The van der Waals surface area contributed by atoms with Gasteiger partial charge in [-0.05, 0) is 50.5 Å². The number of rotatable bonds is 6. The van der Waals surface area contributed by atoms with Crippen LogP contribution in [-0.2, 0) is 6.54 Å². The smallest absolute Gasteiger partial charge is 0.127 e. The van der Waals surface area contributed by atoms with Gasteiger partial charge in [0.15, 0.2) is 0 Å². The topological polar surface area (TPSA) is 18.1 Å². The van der Waals surface area contributed by atoms with Gasteiger partial charge in [-0.25, -0.2) is 0 Å². The van der Waals surface area contributed by atoms with Crippen LogP contribution in [0, 0.1) is 5.92 Å². The Hall–Kier alpha value is -1.32. The lowest BCUT2D eigenvalue weighted by atomic mass is 9.94. The molecular weight excluding hydrogens is 284 g/mol. The highest BCUT2D eigenvalue weighted by Gasteiger charge is 2.25. The molecule has 3 rings (SSSR count). The number of benzene rings is 1. The summed E-state index contributed by atoms with van der Waals surface area (Å²) in [4.78, 5) is 3.57. The molecule has 126 valence electrons. The van der Waals surface area contributed by atoms with E-state index in [1.165, 1.54) is 57.5 Å². The van der Waals surface area contributed by atoms with E-state index >= 15 is 0 Å². The zero-order chi connectivity index (χ0) is 15.9. The minimum Gasteiger partial charge on any atom is -0.494 e. The van der Waals surface area contributed by atoms with Crippen molar-refractivity contribution in [2.75, 3.05) is 39.3 Å². The van der Waals surface area contributed by atoms with Gasteiger partial charge in [0.2, 0.25) is 0 Å². The van der Waals surface area contributed by atoms with Crippen LogP contribution in [0.25, 0.3) is 0 Å². The monoisotopic (exact) mass is 316 g/mol. The molecule has 3 nitrogen and oxygen atoms in total. The van der Waals surface area contributed by atoms with Crippen LogP contribution in [0.15, 0.2) is 36.4 Å². The molecule has 1 fully saturated rings. The molecule has 1 saturated heterocycles. The Bertz CT molecular complexity index is 489. The molecule has 1 atom stereocenters. The SMILES string of the molecule is CCOc1ccc(C[NH+]2CC[NH+](C[C@@H]3CC=CCC3)CC2)cc1. The van der Waals surface area contributed by atoms with E-state index in [4.69, 9.17) is 4.74 Å². The molecule has 1 heterocycles. The lowest BCUT2D eigenvalue weighted by Gasteiger charge is -2.32. The molecule has 0 spiro atoms. The highest BCUT2D eigenvalue weighted by atomic mass is 16.5. The summed E-state index contributed by atoms with van der Waals surface area (Å²) in [5, 5.41) is 0. The highest BCUT2D eigenvalue weighted by Crippen LogP contribution is 2.16. The lowest BCUT2D eigenvalue weighted by molar-refractivity contribution is -1.02. The standard InChI is InChI=1S/C20H30N2O/c1-2-23-20-10-8-19(9-11-20)17-22-14-12-21(13-15-22)16-18-6-4-3-5-7-18/h3-4,8-11,18H,2,5-7,12-17H2,1H3/p+2/t18-/m1/s1. The molecule has 1 aliphatic carbocycles. The fraction of sp³-hybridized carbons (Fsp3) is 0.600. The van der Waals surface area contributed by atoms with E-state index in [9.17, 15) is 0 Å². The molecule has 0 radical (unpaired) electrons. The second-order valence-corrected chi connectivity index (χ2v) is 7.11. The second-order valence-electron chi connectivity index (χ2n) is 7.11. The third-order valence-corrected chi connectivity index (χ3v) is 5.31. The van der Waals surface area contributed by atoms with Gasteiger partial charge >= 0.3 is 0 Å².